The predicted molar refractivity (Wildman–Crippen MR) is 83.5 cm³/mol. The molecular formula is C17H26N2O4. The van der Waals surface area contributed by atoms with Gasteiger partial charge in [-0.1, -0.05) is 38.5 Å². The molecule has 128 valence electrons. The fraction of sp³-hybridized carbons (Fsp3) is 0.824. The highest BCUT2D eigenvalue weighted by Gasteiger charge is 2.56. The van der Waals surface area contributed by atoms with E-state index >= 15 is 0 Å². The lowest BCUT2D eigenvalue weighted by Gasteiger charge is -2.46. The van der Waals surface area contributed by atoms with Crippen LogP contribution in [0.25, 0.3) is 0 Å². The Morgan fingerprint density at radius 2 is 1.13 bits per heavy atom. The second-order valence-electron chi connectivity index (χ2n) is 7.29. The van der Waals surface area contributed by atoms with Gasteiger partial charge in [-0.25, -0.2) is 4.79 Å². The molecule has 6 nitrogen and oxygen atoms in total. The number of carbonyl (C=O) groups excluding carboxylic acids is 3. The van der Waals surface area contributed by atoms with Crippen molar-refractivity contribution in [3.8, 4) is 0 Å². The van der Waals surface area contributed by atoms with Crippen LogP contribution in [0.5, 0.6) is 0 Å². The lowest BCUT2D eigenvalue weighted by Crippen LogP contribution is -2.71. The Morgan fingerprint density at radius 3 is 1.48 bits per heavy atom. The highest BCUT2D eigenvalue weighted by Crippen LogP contribution is 2.33. The van der Waals surface area contributed by atoms with Gasteiger partial charge in [0.2, 0.25) is 5.60 Å². The third kappa shape index (κ3) is 2.77. The van der Waals surface area contributed by atoms with Gasteiger partial charge in [-0.15, -0.1) is 0 Å². The monoisotopic (exact) mass is 322 g/mol. The first-order valence-corrected chi connectivity index (χ1v) is 8.88. The van der Waals surface area contributed by atoms with E-state index in [1.165, 1.54) is 16.7 Å². The SMILES string of the molecule is CC1(O)C(=O)N(C2CCCCC2)C(=O)N(C2CCCCC2)C1=O. The van der Waals surface area contributed by atoms with Crippen LogP contribution in [0.2, 0.25) is 0 Å². The molecule has 1 saturated heterocycles. The first kappa shape index (κ1) is 16.4. The normalized spacial score (nSPS) is 27.7. The van der Waals surface area contributed by atoms with Crippen molar-refractivity contribution in [2.75, 3.05) is 0 Å². The molecular weight excluding hydrogens is 296 g/mol. The van der Waals surface area contributed by atoms with Gasteiger partial charge < -0.3 is 5.11 Å². The number of aliphatic hydroxyl groups is 1. The molecule has 0 radical (unpaired) electrons. The topological polar surface area (TPSA) is 77.9 Å². The van der Waals surface area contributed by atoms with Crippen LogP contribution in [-0.4, -0.2) is 50.4 Å². The maximum atomic E-state index is 12.9. The number of rotatable bonds is 2. The average molecular weight is 322 g/mol. The van der Waals surface area contributed by atoms with Gasteiger partial charge in [0.15, 0.2) is 0 Å². The molecule has 2 saturated carbocycles. The first-order chi connectivity index (χ1) is 10.9. The molecule has 1 aliphatic heterocycles. The maximum Gasteiger partial charge on any atom is 0.334 e. The average Bonchev–Trinajstić information content (AvgIpc) is 2.56. The Balaban J connectivity index is 1.91. The van der Waals surface area contributed by atoms with Crippen molar-refractivity contribution in [3.05, 3.63) is 0 Å². The number of amides is 4. The quantitative estimate of drug-likeness (QED) is 0.791. The van der Waals surface area contributed by atoms with Crippen molar-refractivity contribution in [1.82, 2.24) is 9.80 Å². The molecule has 3 fully saturated rings. The lowest BCUT2D eigenvalue weighted by molar-refractivity contribution is -0.171. The number of carbonyl (C=O) groups is 3. The molecule has 1 N–H and O–H groups in total. The number of imide groups is 2. The van der Waals surface area contributed by atoms with E-state index in [1.54, 1.807) is 0 Å². The third-order valence-electron chi connectivity index (χ3n) is 5.56. The van der Waals surface area contributed by atoms with Crippen molar-refractivity contribution in [2.24, 2.45) is 0 Å². The van der Waals surface area contributed by atoms with Gasteiger partial charge in [0, 0.05) is 12.1 Å². The Bertz CT molecular complexity index is 463. The second kappa shape index (κ2) is 6.23. The Labute approximate surface area is 136 Å². The first-order valence-electron chi connectivity index (χ1n) is 8.88. The molecule has 23 heavy (non-hydrogen) atoms. The van der Waals surface area contributed by atoms with Crippen LogP contribution in [0.15, 0.2) is 0 Å². The van der Waals surface area contributed by atoms with Gasteiger partial charge in [-0.05, 0) is 32.6 Å². The van der Waals surface area contributed by atoms with E-state index in [2.05, 4.69) is 0 Å². The van der Waals surface area contributed by atoms with E-state index in [-0.39, 0.29) is 12.1 Å². The largest absolute Gasteiger partial charge is 0.372 e. The van der Waals surface area contributed by atoms with E-state index in [9.17, 15) is 19.5 Å². The number of hydrogen-bond donors (Lipinski definition) is 1. The van der Waals surface area contributed by atoms with Crippen LogP contribution in [0, 0.1) is 0 Å². The Hall–Kier alpha value is -1.43. The summed E-state index contributed by atoms with van der Waals surface area (Å²) >= 11 is 0. The number of urea groups is 1. The third-order valence-corrected chi connectivity index (χ3v) is 5.56. The Kier molecular flexibility index (Phi) is 4.45. The summed E-state index contributed by atoms with van der Waals surface area (Å²) in [5.41, 5.74) is -2.12. The van der Waals surface area contributed by atoms with Crippen LogP contribution in [0.1, 0.15) is 71.1 Å². The molecule has 1 heterocycles. The van der Waals surface area contributed by atoms with Crippen molar-refractivity contribution in [1.29, 1.82) is 0 Å². The minimum Gasteiger partial charge on any atom is -0.372 e. The molecule has 0 atom stereocenters. The summed E-state index contributed by atoms with van der Waals surface area (Å²) < 4.78 is 0. The summed E-state index contributed by atoms with van der Waals surface area (Å²) in [4.78, 5) is 40.5. The van der Waals surface area contributed by atoms with Crippen molar-refractivity contribution in [2.45, 2.75) is 88.8 Å². The van der Waals surface area contributed by atoms with Gasteiger partial charge in [-0.2, -0.15) is 0 Å². The van der Waals surface area contributed by atoms with E-state index in [0.717, 1.165) is 64.2 Å². The van der Waals surface area contributed by atoms with E-state index in [4.69, 9.17) is 0 Å². The second-order valence-corrected chi connectivity index (χ2v) is 7.29. The molecule has 0 aromatic rings. The summed E-state index contributed by atoms with van der Waals surface area (Å²) in [5.74, 6) is -1.49. The van der Waals surface area contributed by atoms with Crippen LogP contribution in [-0.2, 0) is 9.59 Å². The molecule has 0 aromatic heterocycles. The fourth-order valence-electron chi connectivity index (χ4n) is 4.17. The van der Waals surface area contributed by atoms with E-state index < -0.39 is 23.4 Å². The minimum atomic E-state index is -2.12. The van der Waals surface area contributed by atoms with Gasteiger partial charge in [-0.3, -0.25) is 19.4 Å². The van der Waals surface area contributed by atoms with Gasteiger partial charge in [0.1, 0.15) is 0 Å². The van der Waals surface area contributed by atoms with Gasteiger partial charge in [0.05, 0.1) is 0 Å². The van der Waals surface area contributed by atoms with Crippen molar-refractivity contribution < 1.29 is 19.5 Å². The summed E-state index contributed by atoms with van der Waals surface area (Å²) in [7, 11) is 0. The molecule has 2 aliphatic carbocycles. The minimum absolute atomic E-state index is 0.186. The molecule has 4 amide bonds. The molecule has 0 bridgehead atoms. The number of barbiturate groups is 1. The van der Waals surface area contributed by atoms with Crippen LogP contribution >= 0.6 is 0 Å². The zero-order valence-electron chi connectivity index (χ0n) is 13.8. The van der Waals surface area contributed by atoms with Crippen LogP contribution in [0.3, 0.4) is 0 Å². The maximum absolute atomic E-state index is 12.9. The van der Waals surface area contributed by atoms with Gasteiger partial charge >= 0.3 is 6.03 Å². The smallest absolute Gasteiger partial charge is 0.334 e. The van der Waals surface area contributed by atoms with Crippen molar-refractivity contribution >= 4 is 17.8 Å². The molecule has 0 spiro atoms. The number of nitrogens with zero attached hydrogens (tertiary/aromatic N) is 2. The highest BCUT2D eigenvalue weighted by atomic mass is 16.3. The highest BCUT2D eigenvalue weighted by molar-refractivity contribution is 6.21. The van der Waals surface area contributed by atoms with Crippen LogP contribution in [0.4, 0.5) is 4.79 Å². The molecule has 3 rings (SSSR count). The zero-order chi connectivity index (χ0) is 16.6. The molecule has 3 aliphatic rings. The lowest BCUT2D eigenvalue weighted by atomic mass is 9.88. The van der Waals surface area contributed by atoms with E-state index in [0.29, 0.717) is 0 Å². The van der Waals surface area contributed by atoms with Crippen LogP contribution < -0.4 is 0 Å². The fourth-order valence-corrected chi connectivity index (χ4v) is 4.17. The molecule has 6 heteroatoms. The van der Waals surface area contributed by atoms with Gasteiger partial charge in [0.25, 0.3) is 11.8 Å². The summed E-state index contributed by atoms with van der Waals surface area (Å²) in [6, 6.07) is -0.880. The molecule has 0 aromatic carbocycles. The number of hydrogen-bond acceptors (Lipinski definition) is 4. The standard InChI is InChI=1S/C17H26N2O4/c1-17(23)14(20)18(12-8-4-2-5-9-12)16(22)19(15(17)21)13-10-6-3-7-11-13/h12-13,23H,2-11H2,1H3. The summed E-state index contributed by atoms with van der Waals surface area (Å²) in [6.45, 7) is 1.23. The summed E-state index contributed by atoms with van der Waals surface area (Å²) in [5, 5.41) is 10.5. The van der Waals surface area contributed by atoms with E-state index in [1.807, 2.05) is 0 Å². The summed E-state index contributed by atoms with van der Waals surface area (Å²) in [6.07, 6.45) is 9.16. The predicted octanol–water partition coefficient (Wildman–Crippen LogP) is 2.19. The Morgan fingerprint density at radius 1 is 0.783 bits per heavy atom. The van der Waals surface area contributed by atoms with Crippen molar-refractivity contribution in [3.63, 3.8) is 0 Å². The zero-order valence-corrected chi connectivity index (χ0v) is 13.8. The molecule has 0 unspecified atom stereocenters.